The molecular formula is C19H16ClNO3. The first kappa shape index (κ1) is 16.1. The number of ether oxygens (including phenoxy) is 2. The number of para-hydroxylation sites is 1. The van der Waals surface area contributed by atoms with Crippen LogP contribution in [0.1, 0.15) is 11.3 Å². The van der Waals surface area contributed by atoms with E-state index in [1.807, 2.05) is 30.4 Å². The highest BCUT2D eigenvalue weighted by Gasteiger charge is 2.08. The smallest absolute Gasteiger partial charge is 0.162 e. The predicted octanol–water partition coefficient (Wildman–Crippen LogP) is 4.78. The van der Waals surface area contributed by atoms with Crippen LogP contribution in [0.25, 0.3) is 23.1 Å². The van der Waals surface area contributed by atoms with Crippen molar-refractivity contribution in [2.45, 2.75) is 0 Å². The molecule has 0 radical (unpaired) electrons. The molecule has 0 saturated carbocycles. The minimum atomic E-state index is 0.159. The minimum Gasteiger partial charge on any atom is -0.506 e. The number of benzene rings is 2. The Morgan fingerprint density at radius 1 is 1.00 bits per heavy atom. The zero-order valence-corrected chi connectivity index (χ0v) is 14.0. The van der Waals surface area contributed by atoms with Crippen molar-refractivity contribution in [3.63, 3.8) is 0 Å². The molecule has 0 atom stereocenters. The Kier molecular flexibility index (Phi) is 4.58. The van der Waals surface area contributed by atoms with Gasteiger partial charge in [-0.3, -0.25) is 0 Å². The highest BCUT2D eigenvalue weighted by Crippen LogP contribution is 2.34. The second kappa shape index (κ2) is 6.81. The number of phenolic OH excluding ortho intramolecular Hbond substituents is 1. The van der Waals surface area contributed by atoms with E-state index in [1.54, 1.807) is 38.5 Å². The summed E-state index contributed by atoms with van der Waals surface area (Å²) in [4.78, 5) is 4.46. The fourth-order valence-electron chi connectivity index (χ4n) is 2.41. The average Bonchev–Trinajstić information content (AvgIpc) is 2.61. The van der Waals surface area contributed by atoms with Crippen LogP contribution in [0.15, 0.2) is 42.5 Å². The van der Waals surface area contributed by atoms with Crippen LogP contribution in [0.4, 0.5) is 0 Å². The molecule has 2 aromatic carbocycles. The third kappa shape index (κ3) is 3.14. The Morgan fingerprint density at radius 3 is 2.50 bits per heavy atom. The number of hydrogen-bond acceptors (Lipinski definition) is 4. The molecule has 122 valence electrons. The number of rotatable bonds is 4. The molecule has 1 N–H and O–H groups in total. The number of halogens is 1. The summed E-state index contributed by atoms with van der Waals surface area (Å²) in [5, 5.41) is 11.3. The molecule has 0 aliphatic heterocycles. The van der Waals surface area contributed by atoms with Gasteiger partial charge in [-0.2, -0.15) is 0 Å². The van der Waals surface area contributed by atoms with E-state index in [2.05, 4.69) is 4.98 Å². The Balaban J connectivity index is 1.97. The van der Waals surface area contributed by atoms with Gasteiger partial charge in [0.2, 0.25) is 0 Å². The van der Waals surface area contributed by atoms with Gasteiger partial charge in [0.25, 0.3) is 0 Å². The normalized spacial score (nSPS) is 11.1. The molecule has 0 amide bonds. The molecule has 4 nitrogen and oxygen atoms in total. The highest BCUT2D eigenvalue weighted by molar-refractivity contribution is 6.32. The van der Waals surface area contributed by atoms with Crippen LogP contribution in [-0.2, 0) is 0 Å². The van der Waals surface area contributed by atoms with Crippen molar-refractivity contribution in [1.82, 2.24) is 4.98 Å². The summed E-state index contributed by atoms with van der Waals surface area (Å²) in [5.41, 5.74) is 2.07. The Morgan fingerprint density at radius 2 is 1.75 bits per heavy atom. The molecule has 1 aromatic heterocycles. The first-order valence-electron chi connectivity index (χ1n) is 7.30. The number of phenols is 1. The Hall–Kier alpha value is -2.72. The van der Waals surface area contributed by atoms with Gasteiger partial charge in [-0.15, -0.1) is 0 Å². The second-order valence-electron chi connectivity index (χ2n) is 5.15. The summed E-state index contributed by atoms with van der Waals surface area (Å²) >= 11 is 6.28. The van der Waals surface area contributed by atoms with Crippen LogP contribution in [-0.4, -0.2) is 24.3 Å². The SMILES string of the molecule is COc1cc(Cl)c(C=Cc2ccc3cccc(O)c3n2)cc1OC. The molecule has 5 heteroatoms. The largest absolute Gasteiger partial charge is 0.506 e. The fourth-order valence-corrected chi connectivity index (χ4v) is 2.63. The van der Waals surface area contributed by atoms with Crippen molar-refractivity contribution in [3.05, 3.63) is 58.7 Å². The van der Waals surface area contributed by atoms with Gasteiger partial charge in [0.05, 0.1) is 24.9 Å². The summed E-state index contributed by atoms with van der Waals surface area (Å²) in [6.07, 6.45) is 3.68. The van der Waals surface area contributed by atoms with Gasteiger partial charge in [-0.1, -0.05) is 35.9 Å². The quantitative estimate of drug-likeness (QED) is 0.741. The summed E-state index contributed by atoms with van der Waals surface area (Å²) < 4.78 is 10.5. The van der Waals surface area contributed by atoms with Gasteiger partial charge < -0.3 is 14.6 Å². The van der Waals surface area contributed by atoms with E-state index in [4.69, 9.17) is 21.1 Å². The zero-order chi connectivity index (χ0) is 17.1. The Bertz CT molecular complexity index is 922. The number of fused-ring (bicyclic) bond motifs is 1. The van der Waals surface area contributed by atoms with Crippen molar-refractivity contribution < 1.29 is 14.6 Å². The Labute approximate surface area is 144 Å². The number of pyridine rings is 1. The first-order chi connectivity index (χ1) is 11.6. The van der Waals surface area contributed by atoms with Crippen molar-refractivity contribution in [1.29, 1.82) is 0 Å². The molecule has 3 rings (SSSR count). The third-order valence-electron chi connectivity index (χ3n) is 3.66. The first-order valence-corrected chi connectivity index (χ1v) is 7.68. The fraction of sp³-hybridized carbons (Fsp3) is 0.105. The molecule has 0 bridgehead atoms. The summed E-state index contributed by atoms with van der Waals surface area (Å²) in [6.45, 7) is 0. The molecule has 0 saturated heterocycles. The highest BCUT2D eigenvalue weighted by atomic mass is 35.5. The van der Waals surface area contributed by atoms with E-state index >= 15 is 0 Å². The topological polar surface area (TPSA) is 51.6 Å². The van der Waals surface area contributed by atoms with E-state index in [1.165, 1.54) is 0 Å². The minimum absolute atomic E-state index is 0.159. The third-order valence-corrected chi connectivity index (χ3v) is 3.98. The standard InChI is InChI=1S/C19H16ClNO3/c1-23-17-10-13(15(20)11-18(17)24-2)7-9-14-8-6-12-4-3-5-16(22)19(12)21-14/h3-11,22H,1-2H3. The number of nitrogens with zero attached hydrogens (tertiary/aromatic N) is 1. The lowest BCUT2D eigenvalue weighted by atomic mass is 10.1. The van der Waals surface area contributed by atoms with Gasteiger partial charge >= 0.3 is 0 Å². The molecule has 24 heavy (non-hydrogen) atoms. The second-order valence-corrected chi connectivity index (χ2v) is 5.55. The van der Waals surface area contributed by atoms with Crippen LogP contribution in [0, 0.1) is 0 Å². The van der Waals surface area contributed by atoms with Crippen LogP contribution >= 0.6 is 11.6 Å². The maximum absolute atomic E-state index is 9.91. The van der Waals surface area contributed by atoms with Crippen molar-refractivity contribution in [2.75, 3.05) is 14.2 Å². The summed E-state index contributed by atoms with van der Waals surface area (Å²) in [5.74, 6) is 1.34. The monoisotopic (exact) mass is 341 g/mol. The average molecular weight is 342 g/mol. The molecule has 0 aliphatic carbocycles. The van der Waals surface area contributed by atoms with Gasteiger partial charge in [0.1, 0.15) is 11.3 Å². The van der Waals surface area contributed by atoms with Gasteiger partial charge in [0.15, 0.2) is 11.5 Å². The van der Waals surface area contributed by atoms with E-state index in [-0.39, 0.29) is 5.75 Å². The molecule has 0 spiro atoms. The van der Waals surface area contributed by atoms with E-state index < -0.39 is 0 Å². The molecule has 0 unspecified atom stereocenters. The maximum Gasteiger partial charge on any atom is 0.162 e. The number of methoxy groups -OCH3 is 2. The molecule has 3 aromatic rings. The van der Waals surface area contributed by atoms with Gasteiger partial charge in [-0.25, -0.2) is 4.98 Å². The number of aromatic hydroxyl groups is 1. The molecule has 0 fully saturated rings. The van der Waals surface area contributed by atoms with E-state index in [0.717, 1.165) is 16.6 Å². The predicted molar refractivity (Wildman–Crippen MR) is 96.9 cm³/mol. The van der Waals surface area contributed by atoms with E-state index in [0.29, 0.717) is 22.0 Å². The van der Waals surface area contributed by atoms with Crippen molar-refractivity contribution in [2.24, 2.45) is 0 Å². The van der Waals surface area contributed by atoms with Crippen LogP contribution < -0.4 is 9.47 Å². The molecule has 0 aliphatic rings. The lowest BCUT2D eigenvalue weighted by Crippen LogP contribution is -1.91. The van der Waals surface area contributed by atoms with Crippen LogP contribution in [0.3, 0.4) is 0 Å². The van der Waals surface area contributed by atoms with Crippen molar-refractivity contribution in [3.8, 4) is 17.2 Å². The zero-order valence-electron chi connectivity index (χ0n) is 13.3. The van der Waals surface area contributed by atoms with Gasteiger partial charge in [0, 0.05) is 11.5 Å². The summed E-state index contributed by atoms with van der Waals surface area (Å²) in [7, 11) is 3.14. The number of aromatic nitrogens is 1. The lowest BCUT2D eigenvalue weighted by molar-refractivity contribution is 0.355. The van der Waals surface area contributed by atoms with Crippen LogP contribution in [0.5, 0.6) is 17.2 Å². The molecular weight excluding hydrogens is 326 g/mol. The lowest BCUT2D eigenvalue weighted by Gasteiger charge is -2.09. The van der Waals surface area contributed by atoms with Crippen molar-refractivity contribution >= 4 is 34.7 Å². The number of hydrogen-bond donors (Lipinski definition) is 1. The molecule has 1 heterocycles. The maximum atomic E-state index is 9.91. The van der Waals surface area contributed by atoms with E-state index in [9.17, 15) is 5.11 Å². The van der Waals surface area contributed by atoms with Gasteiger partial charge in [-0.05, 0) is 29.8 Å². The summed E-state index contributed by atoms with van der Waals surface area (Å²) in [6, 6.07) is 12.6. The van der Waals surface area contributed by atoms with Crippen LogP contribution in [0.2, 0.25) is 5.02 Å².